The van der Waals surface area contributed by atoms with Crippen molar-refractivity contribution in [1.29, 1.82) is 0 Å². The third-order valence-corrected chi connectivity index (χ3v) is 4.08. The maximum atomic E-state index is 10.9. The lowest BCUT2D eigenvalue weighted by Crippen LogP contribution is -2.26. The van der Waals surface area contributed by atoms with E-state index in [0.717, 1.165) is 11.6 Å². The molecule has 0 spiro atoms. The van der Waals surface area contributed by atoms with Crippen LogP contribution in [0.25, 0.3) is 0 Å². The van der Waals surface area contributed by atoms with Crippen LogP contribution in [0.3, 0.4) is 0 Å². The van der Waals surface area contributed by atoms with Crippen LogP contribution in [0.2, 0.25) is 0 Å². The van der Waals surface area contributed by atoms with Gasteiger partial charge < -0.3 is 23.8 Å². The van der Waals surface area contributed by atoms with Crippen molar-refractivity contribution in [2.45, 2.75) is 19.6 Å². The summed E-state index contributed by atoms with van der Waals surface area (Å²) in [5.74, 6) is 2.28. The number of nitrogens with zero attached hydrogens (tertiary/aromatic N) is 8. The number of imidazole rings is 3. The SMILES string of the molecule is Cn1ccnc1CN(Cc1nccn1C)Cc1nc([N+](=O)[O-])cn1C. The molecule has 0 aliphatic rings. The molecule has 10 heteroatoms. The Morgan fingerprint density at radius 1 is 0.960 bits per heavy atom. The molecule has 0 aliphatic carbocycles. The lowest BCUT2D eigenvalue weighted by Gasteiger charge is -2.20. The predicted molar refractivity (Wildman–Crippen MR) is 89.2 cm³/mol. The van der Waals surface area contributed by atoms with Crippen LogP contribution in [0.4, 0.5) is 5.82 Å². The van der Waals surface area contributed by atoms with Gasteiger partial charge in [0.1, 0.15) is 17.8 Å². The highest BCUT2D eigenvalue weighted by molar-refractivity contribution is 5.17. The quantitative estimate of drug-likeness (QED) is 0.468. The topological polar surface area (TPSA) is 99.8 Å². The fourth-order valence-electron chi connectivity index (χ4n) is 2.59. The van der Waals surface area contributed by atoms with E-state index in [1.807, 2.05) is 35.6 Å². The Morgan fingerprint density at radius 3 is 1.88 bits per heavy atom. The van der Waals surface area contributed by atoms with Gasteiger partial charge in [-0.1, -0.05) is 0 Å². The van der Waals surface area contributed by atoms with Crippen LogP contribution in [0.15, 0.2) is 31.0 Å². The summed E-state index contributed by atoms with van der Waals surface area (Å²) >= 11 is 0. The molecule has 0 aliphatic heterocycles. The minimum Gasteiger partial charge on any atom is -0.358 e. The van der Waals surface area contributed by atoms with Crippen molar-refractivity contribution in [1.82, 2.24) is 33.6 Å². The van der Waals surface area contributed by atoms with E-state index in [-0.39, 0.29) is 5.82 Å². The first kappa shape index (κ1) is 16.8. The molecular weight excluding hydrogens is 324 g/mol. The zero-order chi connectivity index (χ0) is 18.0. The summed E-state index contributed by atoms with van der Waals surface area (Å²) in [6, 6.07) is 0. The van der Waals surface area contributed by atoms with Crippen molar-refractivity contribution >= 4 is 5.82 Å². The van der Waals surface area contributed by atoms with Gasteiger partial charge in [0.15, 0.2) is 0 Å². The largest absolute Gasteiger partial charge is 0.381 e. The molecule has 0 fully saturated rings. The van der Waals surface area contributed by atoms with Crippen molar-refractivity contribution in [3.63, 3.8) is 0 Å². The fourth-order valence-corrected chi connectivity index (χ4v) is 2.59. The molecule has 3 rings (SSSR count). The molecule has 0 radical (unpaired) electrons. The van der Waals surface area contributed by atoms with E-state index in [2.05, 4.69) is 19.9 Å². The van der Waals surface area contributed by atoms with Gasteiger partial charge in [-0.05, 0) is 9.91 Å². The molecule has 0 atom stereocenters. The average molecular weight is 344 g/mol. The Morgan fingerprint density at radius 2 is 1.48 bits per heavy atom. The van der Waals surface area contributed by atoms with E-state index in [9.17, 15) is 10.1 Å². The zero-order valence-corrected chi connectivity index (χ0v) is 14.4. The van der Waals surface area contributed by atoms with E-state index < -0.39 is 4.92 Å². The molecule has 3 heterocycles. The second-order valence-electron chi connectivity index (χ2n) is 5.94. The second-order valence-corrected chi connectivity index (χ2v) is 5.94. The third-order valence-electron chi connectivity index (χ3n) is 4.08. The molecule has 0 bridgehead atoms. The van der Waals surface area contributed by atoms with Gasteiger partial charge in [0.05, 0.1) is 19.6 Å². The highest BCUT2D eigenvalue weighted by Crippen LogP contribution is 2.15. The summed E-state index contributed by atoms with van der Waals surface area (Å²) < 4.78 is 5.58. The van der Waals surface area contributed by atoms with Crippen molar-refractivity contribution in [2.24, 2.45) is 21.1 Å². The summed E-state index contributed by atoms with van der Waals surface area (Å²) in [5, 5.41) is 10.9. The smallest absolute Gasteiger partial charge is 0.358 e. The lowest BCUT2D eigenvalue weighted by atomic mass is 10.4. The van der Waals surface area contributed by atoms with Crippen LogP contribution in [0.1, 0.15) is 17.5 Å². The van der Waals surface area contributed by atoms with E-state index in [4.69, 9.17) is 0 Å². The number of hydrogen-bond acceptors (Lipinski definition) is 6. The second kappa shape index (κ2) is 6.85. The Labute approximate surface area is 144 Å². The van der Waals surface area contributed by atoms with Gasteiger partial charge in [0.2, 0.25) is 5.82 Å². The Bertz CT molecular complexity index is 836. The Hall–Kier alpha value is -3.01. The molecule has 25 heavy (non-hydrogen) atoms. The highest BCUT2D eigenvalue weighted by atomic mass is 16.6. The number of aryl methyl sites for hydroxylation is 3. The molecule has 3 aromatic rings. The van der Waals surface area contributed by atoms with Crippen LogP contribution in [-0.4, -0.2) is 38.5 Å². The molecule has 0 saturated carbocycles. The molecule has 10 nitrogen and oxygen atoms in total. The average Bonchev–Trinajstić information content (AvgIpc) is 3.24. The monoisotopic (exact) mass is 344 g/mol. The van der Waals surface area contributed by atoms with Crippen LogP contribution >= 0.6 is 0 Å². The first-order valence-electron chi connectivity index (χ1n) is 7.75. The molecule has 0 amide bonds. The number of nitro groups is 1. The van der Waals surface area contributed by atoms with Crippen LogP contribution in [0.5, 0.6) is 0 Å². The summed E-state index contributed by atoms with van der Waals surface area (Å²) in [6.07, 6.45) is 8.70. The summed E-state index contributed by atoms with van der Waals surface area (Å²) in [6.45, 7) is 1.61. The van der Waals surface area contributed by atoms with E-state index >= 15 is 0 Å². The number of hydrogen-bond donors (Lipinski definition) is 0. The number of rotatable bonds is 7. The summed E-state index contributed by atoms with van der Waals surface area (Å²) in [5.41, 5.74) is 0. The molecule has 0 saturated heterocycles. The van der Waals surface area contributed by atoms with Gasteiger partial charge in [-0.3, -0.25) is 4.90 Å². The van der Waals surface area contributed by atoms with E-state index in [1.165, 1.54) is 6.20 Å². The molecule has 0 aromatic carbocycles. The van der Waals surface area contributed by atoms with Crippen LogP contribution in [0, 0.1) is 10.1 Å². The van der Waals surface area contributed by atoms with Gasteiger partial charge in [-0.2, -0.15) is 0 Å². The van der Waals surface area contributed by atoms with Crippen molar-refractivity contribution in [3.8, 4) is 0 Å². The van der Waals surface area contributed by atoms with Crippen LogP contribution in [-0.2, 0) is 40.8 Å². The molecule has 0 N–H and O–H groups in total. The Kier molecular flexibility index (Phi) is 4.61. The predicted octanol–water partition coefficient (Wildman–Crippen LogP) is 0.998. The third kappa shape index (κ3) is 3.74. The standard InChI is InChI=1S/C15H20N8O2/c1-19-6-4-16-12(19)9-22(10-13-17-5-7-20(13)2)11-14-18-15(23(24)25)8-21(14)3/h4-8H,9-11H2,1-3H3. The van der Waals surface area contributed by atoms with Crippen molar-refractivity contribution in [3.05, 3.63) is 58.6 Å². The van der Waals surface area contributed by atoms with Gasteiger partial charge in [-0.15, -0.1) is 0 Å². The summed E-state index contributed by atoms with van der Waals surface area (Å²) in [7, 11) is 5.63. The first-order chi connectivity index (χ1) is 11.9. The van der Waals surface area contributed by atoms with Crippen molar-refractivity contribution < 1.29 is 4.92 Å². The maximum Gasteiger partial charge on any atom is 0.381 e. The normalized spacial score (nSPS) is 11.4. The maximum absolute atomic E-state index is 10.9. The molecule has 0 unspecified atom stereocenters. The van der Waals surface area contributed by atoms with E-state index in [1.54, 1.807) is 24.0 Å². The van der Waals surface area contributed by atoms with Gasteiger partial charge in [-0.25, -0.2) is 9.97 Å². The zero-order valence-electron chi connectivity index (χ0n) is 14.4. The highest BCUT2D eigenvalue weighted by Gasteiger charge is 2.21. The molecule has 132 valence electrons. The first-order valence-corrected chi connectivity index (χ1v) is 7.75. The van der Waals surface area contributed by atoms with Gasteiger partial charge in [0, 0.05) is 45.9 Å². The number of aromatic nitrogens is 6. The minimum absolute atomic E-state index is 0.147. The summed E-state index contributed by atoms with van der Waals surface area (Å²) in [4.78, 5) is 25.4. The minimum atomic E-state index is -0.481. The van der Waals surface area contributed by atoms with E-state index in [0.29, 0.717) is 25.5 Å². The van der Waals surface area contributed by atoms with Gasteiger partial charge in [0.25, 0.3) is 0 Å². The van der Waals surface area contributed by atoms with Gasteiger partial charge >= 0.3 is 5.82 Å². The molecule has 3 aromatic heterocycles. The van der Waals surface area contributed by atoms with Crippen molar-refractivity contribution in [2.75, 3.05) is 0 Å². The Balaban J connectivity index is 1.84. The van der Waals surface area contributed by atoms with Crippen LogP contribution < -0.4 is 0 Å². The fraction of sp³-hybridized carbons (Fsp3) is 0.400. The lowest BCUT2D eigenvalue weighted by molar-refractivity contribution is -0.389. The molecular formula is C15H20N8O2.